The molecule has 0 radical (unpaired) electrons. The van der Waals surface area contributed by atoms with E-state index >= 15 is 0 Å². The van der Waals surface area contributed by atoms with Crippen LogP contribution >= 0.6 is 0 Å². The Balaban J connectivity index is 1.40. The zero-order chi connectivity index (χ0) is 34.2. The van der Waals surface area contributed by atoms with Gasteiger partial charge in [0.15, 0.2) is 0 Å². The lowest BCUT2D eigenvalue weighted by Gasteiger charge is -2.08. The molecule has 3 aromatic carbocycles. The maximum absolute atomic E-state index is 12.9. The van der Waals surface area contributed by atoms with E-state index < -0.39 is 5.91 Å². The number of benzene rings is 2. The Morgan fingerprint density at radius 1 is 0.479 bits per heavy atom. The lowest BCUT2D eigenvalue weighted by molar-refractivity contribution is 0.101. The molecule has 3 aromatic rings. The van der Waals surface area contributed by atoms with Crippen molar-refractivity contribution in [1.82, 2.24) is 0 Å². The van der Waals surface area contributed by atoms with E-state index in [0.717, 1.165) is 25.0 Å². The van der Waals surface area contributed by atoms with Gasteiger partial charge >= 0.3 is 0 Å². The third-order valence-electron chi connectivity index (χ3n) is 8.38. The van der Waals surface area contributed by atoms with Gasteiger partial charge in [-0.25, -0.2) is 0 Å². The van der Waals surface area contributed by atoms with Crippen LogP contribution in [0.2, 0.25) is 0 Å². The van der Waals surface area contributed by atoms with Crippen LogP contribution < -0.4 is 25.5 Å². The summed E-state index contributed by atoms with van der Waals surface area (Å²) in [6.45, 7) is 5.78. The highest BCUT2D eigenvalue weighted by Crippen LogP contribution is 2.18. The molecule has 2 N–H and O–H groups in total. The molecule has 0 saturated heterocycles. The van der Waals surface area contributed by atoms with Crippen LogP contribution in [-0.4, -0.2) is 25.0 Å². The molecule has 0 aromatic heterocycles. The second kappa shape index (κ2) is 23.2. The van der Waals surface area contributed by atoms with E-state index in [0.29, 0.717) is 35.8 Å². The maximum Gasteiger partial charge on any atom is 0.255 e. The monoisotopic (exact) mass is 656 g/mol. The lowest BCUT2D eigenvalue weighted by atomic mass is 10.1. The fourth-order valence-corrected chi connectivity index (χ4v) is 5.41. The fraction of sp³-hybridized carbons (Fsp3) is 0.488. The molecule has 0 aliphatic rings. The minimum absolute atomic E-state index is 0.119. The van der Waals surface area contributed by atoms with Crippen molar-refractivity contribution in [3.63, 3.8) is 0 Å². The number of hydrogen-bond donors (Lipinski definition) is 2. The van der Waals surface area contributed by atoms with Crippen molar-refractivity contribution in [2.75, 3.05) is 23.8 Å². The second-order valence-corrected chi connectivity index (χ2v) is 12.5. The van der Waals surface area contributed by atoms with E-state index in [9.17, 15) is 14.4 Å². The molecule has 0 aliphatic carbocycles. The first-order valence-corrected chi connectivity index (χ1v) is 18.2. The summed E-state index contributed by atoms with van der Waals surface area (Å²) in [5.74, 6) is 0.742. The average molecular weight is 657 g/mol. The van der Waals surface area contributed by atoms with Crippen LogP contribution in [-0.2, 0) is 0 Å². The third kappa shape index (κ3) is 15.2. The minimum atomic E-state index is -0.400. The summed E-state index contributed by atoms with van der Waals surface area (Å²) in [7, 11) is 0. The van der Waals surface area contributed by atoms with E-state index in [1.807, 2.05) is 0 Å². The van der Waals surface area contributed by atoms with Crippen molar-refractivity contribution in [2.24, 2.45) is 0 Å². The van der Waals surface area contributed by atoms with Gasteiger partial charge in [-0.3, -0.25) is 14.4 Å². The average Bonchev–Trinajstić information content (AvgIpc) is 3.27. The van der Waals surface area contributed by atoms with Gasteiger partial charge in [0.2, 0.25) is 5.43 Å². The largest absolute Gasteiger partial charge is 0.494 e. The number of unbranched alkanes of at least 4 members (excludes halogenated alkanes) is 14. The van der Waals surface area contributed by atoms with Crippen molar-refractivity contribution < 1.29 is 19.1 Å². The highest BCUT2D eigenvalue weighted by Gasteiger charge is 2.10. The molecule has 0 aliphatic heterocycles. The van der Waals surface area contributed by atoms with Gasteiger partial charge in [0.05, 0.1) is 18.9 Å². The second-order valence-electron chi connectivity index (χ2n) is 12.5. The van der Waals surface area contributed by atoms with E-state index in [1.165, 1.54) is 102 Å². The Bertz CT molecular complexity index is 1410. The zero-order valence-electron chi connectivity index (χ0n) is 29.2. The predicted octanol–water partition coefficient (Wildman–Crippen LogP) is 10.6. The normalized spacial score (nSPS) is 10.8. The van der Waals surface area contributed by atoms with Gasteiger partial charge in [-0.1, -0.05) is 104 Å². The number of rotatable bonds is 24. The predicted molar refractivity (Wildman–Crippen MR) is 198 cm³/mol. The van der Waals surface area contributed by atoms with Gasteiger partial charge < -0.3 is 20.1 Å². The molecule has 0 saturated carbocycles. The Labute approximate surface area is 287 Å². The molecule has 0 bridgehead atoms. The van der Waals surface area contributed by atoms with E-state index in [1.54, 1.807) is 54.6 Å². The number of carbonyl (C=O) groups excluding carboxylic acids is 2. The van der Waals surface area contributed by atoms with Crippen LogP contribution in [0.15, 0.2) is 77.6 Å². The molecule has 0 fully saturated rings. The molecule has 7 nitrogen and oxygen atoms in total. The SMILES string of the molecule is CCCCCCCCCCOc1ccc(C(=O)Nc2ccc(NC(=O)c3ccc(OCCCCCCCCCC)cc3)c(=O)cc2)cc1. The molecule has 7 heteroatoms. The number of amides is 2. The van der Waals surface area contributed by atoms with Crippen LogP contribution in [0, 0.1) is 0 Å². The Kier molecular flexibility index (Phi) is 18.6. The van der Waals surface area contributed by atoms with Crippen molar-refractivity contribution in [1.29, 1.82) is 0 Å². The van der Waals surface area contributed by atoms with Crippen LogP contribution in [0.1, 0.15) is 137 Å². The Hall–Kier alpha value is -4.13. The molecule has 0 atom stereocenters. The first-order valence-electron chi connectivity index (χ1n) is 18.2. The Morgan fingerprint density at radius 2 is 0.875 bits per heavy atom. The van der Waals surface area contributed by atoms with Gasteiger partial charge in [-0.05, 0) is 85.6 Å². The summed E-state index contributed by atoms with van der Waals surface area (Å²) in [6, 6.07) is 19.9. The molecule has 0 spiro atoms. The highest BCUT2D eigenvalue weighted by atomic mass is 16.5. The van der Waals surface area contributed by atoms with Crippen molar-refractivity contribution in [3.8, 4) is 11.5 Å². The third-order valence-corrected chi connectivity index (χ3v) is 8.38. The van der Waals surface area contributed by atoms with Crippen LogP contribution in [0.3, 0.4) is 0 Å². The lowest BCUT2D eigenvalue weighted by Crippen LogP contribution is -2.16. The number of hydrogen-bond acceptors (Lipinski definition) is 5. The standard InChI is InChI=1S/C41H56N2O5/c1-3-5-7-9-11-13-15-17-31-47-36-25-19-33(20-26-36)40(45)42-35-23-29-38(39(44)30-24-35)43-41(46)34-21-27-37(28-22-34)48-32-18-16-14-12-10-8-6-4-2/h19-30H,3-18,31-32H2,1-2H3,(H,42,45)(H,43,44,46). The first-order chi connectivity index (χ1) is 23.5. The topological polar surface area (TPSA) is 93.7 Å². The molecule has 260 valence electrons. The smallest absolute Gasteiger partial charge is 0.255 e. The molecule has 0 unspecified atom stereocenters. The summed E-state index contributed by atoms with van der Waals surface area (Å²) in [5, 5.41) is 5.51. The highest BCUT2D eigenvalue weighted by molar-refractivity contribution is 6.05. The van der Waals surface area contributed by atoms with Crippen LogP contribution in [0.25, 0.3) is 0 Å². The molecule has 2 amide bonds. The number of anilines is 2. The minimum Gasteiger partial charge on any atom is -0.494 e. The van der Waals surface area contributed by atoms with Crippen LogP contribution in [0.4, 0.5) is 11.4 Å². The molecular weight excluding hydrogens is 600 g/mol. The number of ether oxygens (including phenoxy) is 2. The molecule has 48 heavy (non-hydrogen) atoms. The van der Waals surface area contributed by atoms with E-state index in [2.05, 4.69) is 24.5 Å². The Morgan fingerprint density at radius 3 is 1.33 bits per heavy atom. The van der Waals surface area contributed by atoms with Gasteiger partial charge in [-0.15, -0.1) is 0 Å². The van der Waals surface area contributed by atoms with E-state index in [-0.39, 0.29) is 17.0 Å². The summed E-state index contributed by atoms with van der Waals surface area (Å²) >= 11 is 0. The zero-order valence-corrected chi connectivity index (χ0v) is 29.2. The van der Waals surface area contributed by atoms with Crippen LogP contribution in [0.5, 0.6) is 11.5 Å². The summed E-state index contributed by atoms with van der Waals surface area (Å²) in [5.41, 5.74) is 1.08. The summed E-state index contributed by atoms with van der Waals surface area (Å²) in [6.07, 6.45) is 19.9. The van der Waals surface area contributed by atoms with E-state index in [4.69, 9.17) is 9.47 Å². The van der Waals surface area contributed by atoms with Crippen molar-refractivity contribution >= 4 is 23.2 Å². The van der Waals surface area contributed by atoms with Gasteiger partial charge in [0, 0.05) is 16.8 Å². The summed E-state index contributed by atoms with van der Waals surface area (Å²) in [4.78, 5) is 38.4. The summed E-state index contributed by atoms with van der Waals surface area (Å²) < 4.78 is 11.7. The van der Waals surface area contributed by atoms with Crippen molar-refractivity contribution in [2.45, 2.75) is 117 Å². The van der Waals surface area contributed by atoms with Gasteiger partial charge in [-0.2, -0.15) is 0 Å². The fourth-order valence-electron chi connectivity index (χ4n) is 5.41. The molecule has 3 rings (SSSR count). The van der Waals surface area contributed by atoms with Crippen molar-refractivity contribution in [3.05, 3.63) is 94.1 Å². The number of carbonyl (C=O) groups is 2. The van der Waals surface area contributed by atoms with Gasteiger partial charge in [0.25, 0.3) is 11.8 Å². The first kappa shape index (κ1) is 38.3. The number of nitrogens with one attached hydrogen (secondary N) is 2. The quantitative estimate of drug-likeness (QED) is 0.0936. The maximum atomic E-state index is 12.9. The van der Waals surface area contributed by atoms with Gasteiger partial charge in [0.1, 0.15) is 11.5 Å². The molecule has 0 heterocycles. The molecular formula is C41H56N2O5.